The van der Waals surface area contributed by atoms with Gasteiger partial charge in [0.15, 0.2) is 0 Å². The minimum Gasteiger partial charge on any atom is -0.444 e. The molecule has 4 amide bonds. The number of nitrogens with zero attached hydrogens (tertiary/aromatic N) is 1. The summed E-state index contributed by atoms with van der Waals surface area (Å²) in [5.41, 5.74) is 1.46. The van der Waals surface area contributed by atoms with Gasteiger partial charge in [0.05, 0.1) is 11.1 Å². The van der Waals surface area contributed by atoms with Gasteiger partial charge in [-0.25, -0.2) is 9.78 Å². The van der Waals surface area contributed by atoms with Gasteiger partial charge in [-0.05, 0) is 45.7 Å². The lowest BCUT2D eigenvalue weighted by Gasteiger charge is -2.22. The van der Waals surface area contributed by atoms with E-state index in [1.54, 1.807) is 39.8 Å². The molecule has 1 aliphatic rings. The van der Waals surface area contributed by atoms with Crippen molar-refractivity contribution in [1.82, 2.24) is 25.9 Å². The Morgan fingerprint density at radius 2 is 2.00 bits per heavy atom. The van der Waals surface area contributed by atoms with Gasteiger partial charge < -0.3 is 20.4 Å². The number of aromatic amines is 1. The number of hydrogen-bond acceptors (Lipinski definition) is 6. The number of aryl methyl sites for hydroxylation is 1. The van der Waals surface area contributed by atoms with Gasteiger partial charge in [0, 0.05) is 13.0 Å². The Hall–Kier alpha value is -3.43. The number of hydrogen-bond donors (Lipinski definition) is 4. The normalized spacial score (nSPS) is 16.9. The molecule has 0 saturated carbocycles. The number of H-pyrrole nitrogens is 1. The van der Waals surface area contributed by atoms with Crippen LogP contribution in [0.1, 0.15) is 55.4 Å². The average molecular weight is 415 g/mol. The third-order valence-electron chi connectivity index (χ3n) is 4.46. The Morgan fingerprint density at radius 1 is 1.27 bits per heavy atom. The van der Waals surface area contributed by atoms with Crippen LogP contribution in [0.25, 0.3) is 11.0 Å². The number of ether oxygens (including phenoxy) is 1. The predicted molar refractivity (Wildman–Crippen MR) is 108 cm³/mol. The topological polar surface area (TPSA) is 142 Å². The van der Waals surface area contributed by atoms with Gasteiger partial charge in [-0.15, -0.1) is 0 Å². The van der Waals surface area contributed by atoms with Crippen molar-refractivity contribution in [1.29, 1.82) is 0 Å². The maximum absolute atomic E-state index is 12.8. The molecule has 4 N–H and O–H groups in total. The summed E-state index contributed by atoms with van der Waals surface area (Å²) in [4.78, 5) is 55.4. The van der Waals surface area contributed by atoms with Crippen molar-refractivity contribution >= 4 is 34.8 Å². The summed E-state index contributed by atoms with van der Waals surface area (Å²) in [5.74, 6) is -0.734. The van der Waals surface area contributed by atoms with Crippen LogP contribution in [0, 0.1) is 6.92 Å². The fourth-order valence-corrected chi connectivity index (χ4v) is 3.14. The number of fused-ring (bicyclic) bond motifs is 1. The molecule has 0 radical (unpaired) electrons. The molecular weight excluding hydrogens is 390 g/mol. The second-order valence-corrected chi connectivity index (χ2v) is 8.15. The monoisotopic (exact) mass is 415 g/mol. The Labute approximate surface area is 173 Å². The lowest BCUT2D eigenvalue weighted by atomic mass is 10.0. The van der Waals surface area contributed by atoms with Gasteiger partial charge >= 0.3 is 6.09 Å². The number of alkyl carbamates (subject to hydrolysis) is 1. The molecule has 10 heteroatoms. The Balaban J connectivity index is 1.78. The van der Waals surface area contributed by atoms with Crippen molar-refractivity contribution in [2.45, 2.75) is 58.7 Å². The molecule has 1 aliphatic heterocycles. The molecular formula is C20H25N5O5. The van der Waals surface area contributed by atoms with E-state index in [0.717, 1.165) is 5.56 Å². The number of imidazole rings is 1. The van der Waals surface area contributed by atoms with Crippen LogP contribution in [0.3, 0.4) is 0 Å². The van der Waals surface area contributed by atoms with Gasteiger partial charge in [-0.1, -0.05) is 6.07 Å². The van der Waals surface area contributed by atoms with Crippen LogP contribution in [-0.2, 0) is 20.9 Å². The van der Waals surface area contributed by atoms with Gasteiger partial charge in [0.2, 0.25) is 11.8 Å². The third kappa shape index (κ3) is 4.94. The Bertz CT molecular complexity index is 1020. The van der Waals surface area contributed by atoms with Gasteiger partial charge in [0.25, 0.3) is 5.91 Å². The molecule has 1 fully saturated rings. The molecule has 2 heterocycles. The van der Waals surface area contributed by atoms with E-state index in [1.807, 2.05) is 0 Å². The van der Waals surface area contributed by atoms with Gasteiger partial charge in [0.1, 0.15) is 23.0 Å². The van der Waals surface area contributed by atoms with Crippen molar-refractivity contribution in [2.75, 3.05) is 0 Å². The summed E-state index contributed by atoms with van der Waals surface area (Å²) >= 11 is 0. The second kappa shape index (κ2) is 8.13. The van der Waals surface area contributed by atoms with Crippen molar-refractivity contribution in [3.8, 4) is 0 Å². The maximum Gasteiger partial charge on any atom is 0.407 e. The smallest absolute Gasteiger partial charge is 0.407 e. The fourth-order valence-electron chi connectivity index (χ4n) is 3.14. The first kappa shape index (κ1) is 21.3. The van der Waals surface area contributed by atoms with Crippen LogP contribution in [0.5, 0.6) is 0 Å². The van der Waals surface area contributed by atoms with Crippen LogP contribution < -0.4 is 16.0 Å². The number of aromatic nitrogens is 2. The summed E-state index contributed by atoms with van der Waals surface area (Å²) in [6.07, 6.45) is -0.133. The molecule has 1 aromatic carbocycles. The van der Waals surface area contributed by atoms with E-state index in [1.165, 1.54) is 0 Å². The number of carbonyl (C=O) groups excluding carboxylic acids is 4. The van der Waals surface area contributed by atoms with Crippen LogP contribution >= 0.6 is 0 Å². The van der Waals surface area contributed by atoms with Crippen molar-refractivity contribution in [3.05, 3.63) is 29.1 Å². The van der Waals surface area contributed by atoms with E-state index in [4.69, 9.17) is 4.74 Å². The number of amides is 4. The minimum atomic E-state index is -0.779. The third-order valence-corrected chi connectivity index (χ3v) is 4.46. The molecule has 3 rings (SSSR count). The lowest BCUT2D eigenvalue weighted by molar-refractivity contribution is -0.134. The highest BCUT2D eigenvalue weighted by atomic mass is 16.6. The van der Waals surface area contributed by atoms with Crippen molar-refractivity contribution in [2.24, 2.45) is 0 Å². The summed E-state index contributed by atoms with van der Waals surface area (Å²) in [6.45, 7) is 7.27. The Morgan fingerprint density at radius 3 is 2.67 bits per heavy atom. The van der Waals surface area contributed by atoms with E-state index >= 15 is 0 Å². The Kier molecular flexibility index (Phi) is 5.77. The highest BCUT2D eigenvalue weighted by Gasteiger charge is 2.29. The molecule has 0 aliphatic carbocycles. The number of rotatable bonds is 4. The summed E-state index contributed by atoms with van der Waals surface area (Å²) in [5, 5.41) is 7.56. The zero-order valence-corrected chi connectivity index (χ0v) is 17.3. The quantitative estimate of drug-likeness (QED) is 0.557. The van der Waals surface area contributed by atoms with E-state index in [2.05, 4.69) is 25.9 Å². The molecule has 1 aromatic heterocycles. The predicted octanol–water partition coefficient (Wildman–Crippen LogP) is 1.43. The molecule has 1 saturated heterocycles. The minimum absolute atomic E-state index is 0.170. The van der Waals surface area contributed by atoms with Gasteiger partial charge in [-0.2, -0.15) is 0 Å². The molecule has 1 atom stereocenters. The average Bonchev–Trinajstić information content (AvgIpc) is 3.01. The zero-order valence-electron chi connectivity index (χ0n) is 17.3. The molecule has 30 heavy (non-hydrogen) atoms. The molecule has 10 nitrogen and oxygen atoms in total. The van der Waals surface area contributed by atoms with Crippen LogP contribution in [0.2, 0.25) is 0 Å². The fraction of sp³-hybridized carbons (Fsp3) is 0.450. The largest absolute Gasteiger partial charge is 0.444 e. The standard InChI is InChI=1S/C20H25N5O5/c1-10-22-15-11(9-21-19(29)30-20(2,3)4)5-6-12(16(15)23-10)17(27)24-13-7-8-14(26)25-18(13)28/h5-6,13H,7-9H2,1-4H3,(H,21,29)(H,22,23)(H,24,27)(H,25,26,28). The maximum atomic E-state index is 12.8. The summed E-state index contributed by atoms with van der Waals surface area (Å²) < 4.78 is 5.24. The molecule has 160 valence electrons. The van der Waals surface area contributed by atoms with E-state index in [9.17, 15) is 19.2 Å². The molecule has 2 aromatic rings. The first-order chi connectivity index (χ1) is 14.0. The second-order valence-electron chi connectivity index (χ2n) is 8.15. The van der Waals surface area contributed by atoms with Crippen molar-refractivity contribution < 1.29 is 23.9 Å². The zero-order chi connectivity index (χ0) is 22.1. The highest BCUT2D eigenvalue weighted by molar-refractivity contribution is 6.08. The first-order valence-electron chi connectivity index (χ1n) is 9.63. The van der Waals surface area contributed by atoms with Crippen LogP contribution in [0.15, 0.2) is 12.1 Å². The summed E-state index contributed by atoms with van der Waals surface area (Å²) in [6, 6.07) is 2.52. The number of benzene rings is 1. The van der Waals surface area contributed by atoms with Crippen LogP contribution in [-0.4, -0.2) is 45.4 Å². The molecule has 1 unspecified atom stereocenters. The van der Waals surface area contributed by atoms with E-state index in [0.29, 0.717) is 22.4 Å². The SMILES string of the molecule is Cc1nc2c(C(=O)NC3CCC(=O)NC3=O)ccc(CNC(=O)OC(C)(C)C)c2[nH]1. The number of piperidine rings is 1. The molecule has 0 bridgehead atoms. The van der Waals surface area contributed by atoms with Gasteiger partial charge in [-0.3, -0.25) is 19.7 Å². The number of nitrogens with one attached hydrogen (secondary N) is 4. The van der Waals surface area contributed by atoms with E-state index < -0.39 is 29.6 Å². The number of imide groups is 1. The highest BCUT2D eigenvalue weighted by Crippen LogP contribution is 2.22. The lowest BCUT2D eigenvalue weighted by Crippen LogP contribution is -2.52. The molecule has 0 spiro atoms. The van der Waals surface area contributed by atoms with Crippen molar-refractivity contribution in [3.63, 3.8) is 0 Å². The first-order valence-corrected chi connectivity index (χ1v) is 9.63. The van der Waals surface area contributed by atoms with E-state index in [-0.39, 0.29) is 25.3 Å². The number of carbonyl (C=O) groups is 4. The van der Waals surface area contributed by atoms with Crippen LogP contribution in [0.4, 0.5) is 4.79 Å². The summed E-state index contributed by atoms with van der Waals surface area (Å²) in [7, 11) is 0.